The molecule has 0 fully saturated rings. The van der Waals surface area contributed by atoms with Gasteiger partial charge in [-0.15, -0.1) is 0 Å². The highest BCUT2D eigenvalue weighted by Gasteiger charge is 2.07. The van der Waals surface area contributed by atoms with Gasteiger partial charge in [-0.05, 0) is 42.3 Å². The van der Waals surface area contributed by atoms with Gasteiger partial charge in [0.2, 0.25) is 0 Å². The van der Waals surface area contributed by atoms with Crippen molar-refractivity contribution < 1.29 is 4.39 Å². The Labute approximate surface area is 125 Å². The molecule has 4 heteroatoms. The van der Waals surface area contributed by atoms with Crippen LogP contribution in [0, 0.1) is 5.82 Å². The third kappa shape index (κ3) is 4.03. The predicted octanol–water partition coefficient (Wildman–Crippen LogP) is 5.09. The maximum Gasteiger partial charge on any atom is 0.124 e. The second kappa shape index (κ2) is 6.51. The largest absolute Gasteiger partial charge is 0.306 e. The average Bonchev–Trinajstić information content (AvgIpc) is 2.37. The molecular formula is C15H14BrClFN. The summed E-state index contributed by atoms with van der Waals surface area (Å²) in [6.45, 7) is 2.69. The number of halogens is 3. The summed E-state index contributed by atoms with van der Waals surface area (Å²) in [6, 6.07) is 12.8. The Morgan fingerprint density at radius 2 is 2.05 bits per heavy atom. The highest BCUT2D eigenvalue weighted by Crippen LogP contribution is 2.20. The Kier molecular flexibility index (Phi) is 4.97. The molecule has 0 spiro atoms. The van der Waals surface area contributed by atoms with Crippen LogP contribution in [0.25, 0.3) is 0 Å². The SMILES string of the molecule is CC(NCc1ccc(F)cc1Cl)c1cccc(Br)c1. The third-order valence-corrected chi connectivity index (χ3v) is 3.81. The van der Waals surface area contributed by atoms with Crippen molar-refractivity contribution in [1.29, 1.82) is 0 Å². The zero-order valence-electron chi connectivity index (χ0n) is 10.5. The van der Waals surface area contributed by atoms with Crippen molar-refractivity contribution in [1.82, 2.24) is 5.32 Å². The normalized spacial score (nSPS) is 12.4. The molecule has 2 rings (SSSR count). The van der Waals surface area contributed by atoms with Gasteiger partial charge in [0.15, 0.2) is 0 Å². The van der Waals surface area contributed by atoms with Crippen LogP contribution >= 0.6 is 27.5 Å². The number of benzene rings is 2. The van der Waals surface area contributed by atoms with Crippen LogP contribution in [-0.4, -0.2) is 0 Å². The molecule has 0 bridgehead atoms. The molecule has 0 aliphatic carbocycles. The highest BCUT2D eigenvalue weighted by molar-refractivity contribution is 9.10. The van der Waals surface area contributed by atoms with Gasteiger partial charge in [-0.25, -0.2) is 4.39 Å². The van der Waals surface area contributed by atoms with Crippen molar-refractivity contribution in [2.45, 2.75) is 19.5 Å². The smallest absolute Gasteiger partial charge is 0.124 e. The molecule has 0 aliphatic rings. The Morgan fingerprint density at radius 1 is 1.26 bits per heavy atom. The lowest BCUT2D eigenvalue weighted by atomic mass is 10.1. The number of hydrogen-bond donors (Lipinski definition) is 1. The molecule has 0 aromatic heterocycles. The second-order valence-electron chi connectivity index (χ2n) is 4.39. The summed E-state index contributed by atoms with van der Waals surface area (Å²) < 4.78 is 14.0. The Hall–Kier alpha value is -0.900. The summed E-state index contributed by atoms with van der Waals surface area (Å²) in [6.07, 6.45) is 0. The van der Waals surface area contributed by atoms with E-state index in [9.17, 15) is 4.39 Å². The maximum atomic E-state index is 12.9. The molecule has 100 valence electrons. The van der Waals surface area contributed by atoms with E-state index in [1.807, 2.05) is 12.1 Å². The number of hydrogen-bond acceptors (Lipinski definition) is 1. The minimum Gasteiger partial charge on any atom is -0.306 e. The fourth-order valence-corrected chi connectivity index (χ4v) is 2.47. The molecular weight excluding hydrogens is 329 g/mol. The van der Waals surface area contributed by atoms with Gasteiger partial charge in [-0.2, -0.15) is 0 Å². The van der Waals surface area contributed by atoms with E-state index in [0.717, 1.165) is 10.0 Å². The quantitative estimate of drug-likeness (QED) is 0.816. The average molecular weight is 343 g/mol. The zero-order valence-corrected chi connectivity index (χ0v) is 12.8. The minimum absolute atomic E-state index is 0.193. The van der Waals surface area contributed by atoms with Crippen molar-refractivity contribution in [3.63, 3.8) is 0 Å². The summed E-state index contributed by atoms with van der Waals surface area (Å²) in [5, 5.41) is 3.83. The van der Waals surface area contributed by atoms with Crippen LogP contribution in [0.1, 0.15) is 24.1 Å². The fraction of sp³-hybridized carbons (Fsp3) is 0.200. The van der Waals surface area contributed by atoms with E-state index in [-0.39, 0.29) is 11.9 Å². The van der Waals surface area contributed by atoms with E-state index < -0.39 is 0 Å². The van der Waals surface area contributed by atoms with Crippen LogP contribution in [0.3, 0.4) is 0 Å². The predicted molar refractivity (Wildman–Crippen MR) is 80.8 cm³/mol. The first-order valence-electron chi connectivity index (χ1n) is 5.99. The van der Waals surface area contributed by atoms with Crippen LogP contribution in [0.15, 0.2) is 46.9 Å². The standard InChI is InChI=1S/C15H14BrClFN/c1-10(11-3-2-4-13(16)7-11)19-9-12-5-6-14(18)8-15(12)17/h2-8,10,19H,9H2,1H3. The number of rotatable bonds is 4. The summed E-state index contributed by atoms with van der Waals surface area (Å²) in [5.41, 5.74) is 2.08. The van der Waals surface area contributed by atoms with E-state index in [1.165, 1.54) is 17.7 Å². The Morgan fingerprint density at radius 3 is 2.74 bits per heavy atom. The van der Waals surface area contributed by atoms with Gasteiger partial charge in [0.25, 0.3) is 0 Å². The van der Waals surface area contributed by atoms with E-state index in [0.29, 0.717) is 11.6 Å². The van der Waals surface area contributed by atoms with Crippen LogP contribution in [0.4, 0.5) is 4.39 Å². The maximum absolute atomic E-state index is 12.9. The summed E-state index contributed by atoms with van der Waals surface area (Å²) in [5.74, 6) is -0.311. The Balaban J connectivity index is 2.02. The molecule has 1 nitrogen and oxygen atoms in total. The first kappa shape index (κ1) is 14.5. The van der Waals surface area contributed by atoms with Gasteiger partial charge in [-0.3, -0.25) is 0 Å². The second-order valence-corrected chi connectivity index (χ2v) is 5.72. The van der Waals surface area contributed by atoms with Crippen molar-refractivity contribution in [2.24, 2.45) is 0 Å². The van der Waals surface area contributed by atoms with Crippen LogP contribution in [0.5, 0.6) is 0 Å². The number of nitrogens with one attached hydrogen (secondary N) is 1. The third-order valence-electron chi connectivity index (χ3n) is 2.96. The highest BCUT2D eigenvalue weighted by atomic mass is 79.9. The van der Waals surface area contributed by atoms with Gasteiger partial charge in [0, 0.05) is 22.1 Å². The first-order chi connectivity index (χ1) is 9.06. The molecule has 0 heterocycles. The van der Waals surface area contributed by atoms with Crippen molar-refractivity contribution in [3.05, 3.63) is 68.9 Å². The van der Waals surface area contributed by atoms with Gasteiger partial charge in [0.1, 0.15) is 5.82 Å². The van der Waals surface area contributed by atoms with E-state index >= 15 is 0 Å². The zero-order chi connectivity index (χ0) is 13.8. The Bertz CT molecular complexity index is 574. The molecule has 19 heavy (non-hydrogen) atoms. The fourth-order valence-electron chi connectivity index (χ4n) is 1.82. The van der Waals surface area contributed by atoms with E-state index in [2.05, 4.69) is 40.3 Å². The molecule has 2 aromatic carbocycles. The van der Waals surface area contributed by atoms with Crippen molar-refractivity contribution >= 4 is 27.5 Å². The van der Waals surface area contributed by atoms with Gasteiger partial charge < -0.3 is 5.32 Å². The molecule has 0 saturated heterocycles. The molecule has 1 unspecified atom stereocenters. The van der Waals surface area contributed by atoms with E-state index in [4.69, 9.17) is 11.6 Å². The first-order valence-corrected chi connectivity index (χ1v) is 7.16. The van der Waals surface area contributed by atoms with Crippen molar-refractivity contribution in [3.8, 4) is 0 Å². The van der Waals surface area contributed by atoms with Crippen molar-refractivity contribution in [2.75, 3.05) is 0 Å². The topological polar surface area (TPSA) is 12.0 Å². The lowest BCUT2D eigenvalue weighted by Crippen LogP contribution is -2.18. The van der Waals surface area contributed by atoms with Crippen LogP contribution in [-0.2, 0) is 6.54 Å². The van der Waals surface area contributed by atoms with Gasteiger partial charge in [0.05, 0.1) is 0 Å². The molecule has 0 radical (unpaired) electrons. The summed E-state index contributed by atoms with van der Waals surface area (Å²) in [7, 11) is 0. The van der Waals surface area contributed by atoms with E-state index in [1.54, 1.807) is 6.07 Å². The molecule has 2 aromatic rings. The van der Waals surface area contributed by atoms with Crippen LogP contribution in [0.2, 0.25) is 5.02 Å². The molecule has 0 aliphatic heterocycles. The van der Waals surface area contributed by atoms with Crippen LogP contribution < -0.4 is 5.32 Å². The minimum atomic E-state index is -0.311. The summed E-state index contributed by atoms with van der Waals surface area (Å²) in [4.78, 5) is 0. The molecule has 1 atom stereocenters. The van der Waals surface area contributed by atoms with Gasteiger partial charge >= 0.3 is 0 Å². The molecule has 1 N–H and O–H groups in total. The van der Waals surface area contributed by atoms with Gasteiger partial charge in [-0.1, -0.05) is 45.7 Å². The summed E-state index contributed by atoms with van der Waals surface area (Å²) >= 11 is 9.45. The molecule has 0 amide bonds. The monoisotopic (exact) mass is 341 g/mol. The lowest BCUT2D eigenvalue weighted by Gasteiger charge is -2.15. The lowest BCUT2D eigenvalue weighted by molar-refractivity contribution is 0.572. The molecule has 0 saturated carbocycles.